The van der Waals surface area contributed by atoms with Crippen molar-refractivity contribution in [1.29, 1.82) is 0 Å². The third-order valence-electron chi connectivity index (χ3n) is 11.0. The van der Waals surface area contributed by atoms with Crippen LogP contribution in [0.15, 0.2) is 0 Å². The Morgan fingerprint density at radius 3 is 0.960 bits per heavy atom. The molecule has 0 aliphatic heterocycles. The van der Waals surface area contributed by atoms with Crippen molar-refractivity contribution in [3.05, 3.63) is 0 Å². The van der Waals surface area contributed by atoms with Crippen LogP contribution in [0.4, 0.5) is 0 Å². The second kappa shape index (κ2) is 41.1. The number of rotatable bonds is 42. The van der Waals surface area contributed by atoms with E-state index in [4.69, 9.17) is 0 Å². The molecule has 1 amide bonds. The second-order valence-corrected chi connectivity index (χ2v) is 16.0. The van der Waals surface area contributed by atoms with Gasteiger partial charge in [0.15, 0.2) is 0 Å². The van der Waals surface area contributed by atoms with Crippen LogP contribution in [-0.4, -0.2) is 46.1 Å². The molecule has 3 unspecified atom stereocenters. The molecule has 0 spiro atoms. The van der Waals surface area contributed by atoms with Crippen molar-refractivity contribution in [1.82, 2.24) is 5.32 Å². The van der Waals surface area contributed by atoms with E-state index >= 15 is 0 Å². The van der Waals surface area contributed by atoms with Gasteiger partial charge in [-0.3, -0.25) is 4.79 Å². The molecule has 0 heterocycles. The fourth-order valence-electron chi connectivity index (χ4n) is 7.40. The molecular weight excluding hydrogens is 618 g/mol. The molecule has 4 N–H and O–H groups in total. The molecule has 0 fully saturated rings. The van der Waals surface area contributed by atoms with Gasteiger partial charge in [0.25, 0.3) is 0 Å². The smallest absolute Gasteiger partial charge is 0.220 e. The van der Waals surface area contributed by atoms with E-state index in [9.17, 15) is 20.1 Å². The van der Waals surface area contributed by atoms with E-state index in [2.05, 4.69) is 19.2 Å². The highest BCUT2D eigenvalue weighted by molar-refractivity contribution is 5.76. The topological polar surface area (TPSA) is 89.8 Å². The Kier molecular flexibility index (Phi) is 40.6. The molecule has 5 nitrogen and oxygen atoms in total. The summed E-state index contributed by atoms with van der Waals surface area (Å²) in [5, 5.41) is 33.6. The Bertz CT molecular complexity index is 659. The Labute approximate surface area is 313 Å². The van der Waals surface area contributed by atoms with Crippen LogP contribution in [0.25, 0.3) is 0 Å². The minimum absolute atomic E-state index is 0.139. The van der Waals surface area contributed by atoms with Crippen LogP contribution in [0.5, 0.6) is 0 Å². The number of unbranched alkanes of at least 4 members (excludes halogenated alkanes) is 34. The molecule has 0 radical (unpaired) electrons. The lowest BCUT2D eigenvalue weighted by atomic mass is 9.99. The average molecular weight is 710 g/mol. The van der Waals surface area contributed by atoms with E-state index in [0.29, 0.717) is 12.8 Å². The Morgan fingerprint density at radius 2 is 0.680 bits per heavy atom. The summed E-state index contributed by atoms with van der Waals surface area (Å²) < 4.78 is 0. The third kappa shape index (κ3) is 35.7. The summed E-state index contributed by atoms with van der Waals surface area (Å²) in [6.07, 6.45) is 46.4. The van der Waals surface area contributed by atoms with Crippen LogP contribution < -0.4 is 5.32 Å². The average Bonchev–Trinajstić information content (AvgIpc) is 3.12. The van der Waals surface area contributed by atoms with E-state index in [0.717, 1.165) is 32.1 Å². The van der Waals surface area contributed by atoms with Crippen LogP contribution in [0, 0.1) is 0 Å². The molecule has 0 aromatic rings. The van der Waals surface area contributed by atoms with Crippen LogP contribution in [0.2, 0.25) is 0 Å². The Hall–Kier alpha value is -0.650. The number of aliphatic hydroxyl groups excluding tert-OH is 3. The first-order valence-corrected chi connectivity index (χ1v) is 22.8. The lowest BCUT2D eigenvalue weighted by Gasteiger charge is -2.26. The van der Waals surface area contributed by atoms with Gasteiger partial charge in [-0.1, -0.05) is 239 Å². The summed E-state index contributed by atoms with van der Waals surface area (Å²) in [7, 11) is 0. The molecule has 0 saturated carbocycles. The molecule has 0 aliphatic rings. The number of hydrogen-bond acceptors (Lipinski definition) is 4. The molecule has 5 heteroatoms. The van der Waals surface area contributed by atoms with Crippen molar-refractivity contribution in [2.45, 2.75) is 276 Å². The first-order valence-electron chi connectivity index (χ1n) is 22.8. The first kappa shape index (κ1) is 49.4. The van der Waals surface area contributed by atoms with Crippen molar-refractivity contribution < 1.29 is 20.1 Å². The SMILES string of the molecule is CCCCCCCCCCCCCCCCCCCCC(=O)NC(CO)C(O)C(O)CCCCCCCCCCCCCCCCCCCC. The summed E-state index contributed by atoms with van der Waals surface area (Å²) in [4.78, 5) is 12.4. The predicted molar refractivity (Wildman–Crippen MR) is 218 cm³/mol. The number of amides is 1. The maximum absolute atomic E-state index is 12.4. The number of carbonyl (C=O) groups excluding carboxylic acids is 1. The minimum atomic E-state index is -1.13. The zero-order valence-electron chi connectivity index (χ0n) is 34.1. The van der Waals surface area contributed by atoms with Gasteiger partial charge in [-0.15, -0.1) is 0 Å². The maximum Gasteiger partial charge on any atom is 0.220 e. The van der Waals surface area contributed by atoms with Gasteiger partial charge < -0.3 is 20.6 Å². The fraction of sp³-hybridized carbons (Fsp3) is 0.978. The van der Waals surface area contributed by atoms with Crippen molar-refractivity contribution in [2.24, 2.45) is 0 Å². The Balaban J connectivity index is 3.57. The zero-order valence-corrected chi connectivity index (χ0v) is 34.1. The monoisotopic (exact) mass is 710 g/mol. The molecular formula is C45H91NO4. The maximum atomic E-state index is 12.4. The van der Waals surface area contributed by atoms with E-state index in [1.165, 1.54) is 199 Å². The highest BCUT2D eigenvalue weighted by atomic mass is 16.3. The van der Waals surface area contributed by atoms with E-state index < -0.39 is 18.2 Å². The molecule has 0 rings (SSSR count). The van der Waals surface area contributed by atoms with Crippen LogP contribution in [-0.2, 0) is 4.79 Å². The van der Waals surface area contributed by atoms with Gasteiger partial charge in [0.2, 0.25) is 5.91 Å². The molecule has 0 aliphatic carbocycles. The summed E-state index contributed by atoms with van der Waals surface area (Å²) >= 11 is 0. The second-order valence-electron chi connectivity index (χ2n) is 16.0. The molecule has 50 heavy (non-hydrogen) atoms. The van der Waals surface area contributed by atoms with Crippen molar-refractivity contribution in [3.63, 3.8) is 0 Å². The van der Waals surface area contributed by atoms with Gasteiger partial charge in [0.05, 0.1) is 18.8 Å². The molecule has 3 atom stereocenters. The first-order chi connectivity index (χ1) is 24.6. The minimum Gasteiger partial charge on any atom is -0.394 e. The lowest BCUT2D eigenvalue weighted by Crippen LogP contribution is -2.50. The van der Waals surface area contributed by atoms with Gasteiger partial charge >= 0.3 is 0 Å². The Morgan fingerprint density at radius 1 is 0.420 bits per heavy atom. The molecule has 300 valence electrons. The summed E-state index contributed by atoms with van der Waals surface area (Å²) in [5.74, 6) is -0.139. The predicted octanol–water partition coefficient (Wildman–Crippen LogP) is 13.0. The van der Waals surface area contributed by atoms with Gasteiger partial charge in [-0.25, -0.2) is 0 Å². The highest BCUT2D eigenvalue weighted by Gasteiger charge is 2.26. The van der Waals surface area contributed by atoms with Crippen molar-refractivity contribution in [2.75, 3.05) is 6.61 Å². The van der Waals surface area contributed by atoms with Gasteiger partial charge in [-0.2, -0.15) is 0 Å². The standard InChI is InChI=1S/C45H91NO4/c1-3-5-7-9-11-13-15-17-19-21-23-25-27-29-31-33-35-37-39-43(48)45(50)42(41-47)46-44(49)40-38-36-34-32-30-28-26-24-22-20-18-16-14-12-10-8-6-4-2/h42-43,45,47-48,50H,3-41H2,1-2H3,(H,46,49). The number of hydrogen-bond donors (Lipinski definition) is 4. The third-order valence-corrected chi connectivity index (χ3v) is 11.0. The lowest BCUT2D eigenvalue weighted by molar-refractivity contribution is -0.124. The van der Waals surface area contributed by atoms with Gasteiger partial charge in [0.1, 0.15) is 6.10 Å². The van der Waals surface area contributed by atoms with Crippen LogP contribution in [0.1, 0.15) is 258 Å². The summed E-state index contributed by atoms with van der Waals surface area (Å²) in [6.45, 7) is 4.20. The van der Waals surface area contributed by atoms with Gasteiger partial charge in [-0.05, 0) is 12.8 Å². The molecule has 0 bridgehead atoms. The number of carbonyl (C=O) groups is 1. The normalized spacial score (nSPS) is 13.5. The summed E-state index contributed by atoms with van der Waals surface area (Å²) in [6, 6.07) is -0.802. The quantitative estimate of drug-likeness (QED) is 0.0475. The highest BCUT2D eigenvalue weighted by Crippen LogP contribution is 2.17. The van der Waals surface area contributed by atoms with E-state index in [1.54, 1.807) is 0 Å². The van der Waals surface area contributed by atoms with Crippen LogP contribution >= 0.6 is 0 Å². The van der Waals surface area contributed by atoms with Crippen molar-refractivity contribution in [3.8, 4) is 0 Å². The molecule has 0 aromatic heterocycles. The molecule has 0 saturated heterocycles. The fourth-order valence-corrected chi connectivity index (χ4v) is 7.40. The largest absolute Gasteiger partial charge is 0.394 e. The van der Waals surface area contributed by atoms with E-state index in [1.807, 2.05) is 0 Å². The molecule has 0 aromatic carbocycles. The van der Waals surface area contributed by atoms with Gasteiger partial charge in [0, 0.05) is 6.42 Å². The summed E-state index contributed by atoms with van der Waals surface area (Å²) in [5.41, 5.74) is 0. The van der Waals surface area contributed by atoms with Crippen LogP contribution in [0.3, 0.4) is 0 Å². The van der Waals surface area contributed by atoms with E-state index in [-0.39, 0.29) is 12.5 Å². The van der Waals surface area contributed by atoms with Crippen molar-refractivity contribution >= 4 is 5.91 Å². The number of nitrogens with one attached hydrogen (secondary N) is 1. The number of aliphatic hydroxyl groups is 3. The zero-order chi connectivity index (χ0) is 36.6.